The number of rotatable bonds is 6. The second kappa shape index (κ2) is 8.61. The lowest BCUT2D eigenvalue weighted by Crippen LogP contribution is -2.53. The summed E-state index contributed by atoms with van der Waals surface area (Å²) in [5.74, 6) is 0.114. The Balaban J connectivity index is 1.46. The highest BCUT2D eigenvalue weighted by molar-refractivity contribution is 7.09. The third-order valence-corrected chi connectivity index (χ3v) is 5.81. The van der Waals surface area contributed by atoms with Crippen molar-refractivity contribution in [2.24, 2.45) is 0 Å². The van der Waals surface area contributed by atoms with Crippen LogP contribution in [0.15, 0.2) is 47.8 Å². The molecule has 0 saturated carbocycles. The average Bonchev–Trinajstić information content (AvgIpc) is 3.15. The normalized spacial score (nSPS) is 18.6. The predicted octanol–water partition coefficient (Wildman–Crippen LogP) is 3.13. The van der Waals surface area contributed by atoms with Crippen LogP contribution in [0.2, 0.25) is 0 Å². The Hall–Kier alpha value is -1.69. The minimum Gasteiger partial charge on any atom is -0.348 e. The first-order chi connectivity index (χ1) is 12.1. The van der Waals surface area contributed by atoms with Crippen LogP contribution in [0.1, 0.15) is 30.3 Å². The largest absolute Gasteiger partial charge is 0.348 e. The molecule has 5 heteroatoms. The molecule has 134 valence electrons. The Morgan fingerprint density at radius 1 is 1.08 bits per heavy atom. The number of benzene rings is 1. The van der Waals surface area contributed by atoms with Gasteiger partial charge in [-0.15, -0.1) is 11.3 Å². The second-order valence-electron chi connectivity index (χ2n) is 6.71. The maximum Gasteiger partial charge on any atom is 0.237 e. The van der Waals surface area contributed by atoms with Crippen molar-refractivity contribution in [1.82, 2.24) is 15.1 Å². The van der Waals surface area contributed by atoms with Crippen LogP contribution >= 0.6 is 11.3 Å². The monoisotopic (exact) mass is 357 g/mol. The molecule has 1 aromatic heterocycles. The van der Waals surface area contributed by atoms with Crippen molar-refractivity contribution in [3.8, 4) is 0 Å². The number of thiophene rings is 1. The van der Waals surface area contributed by atoms with Crippen LogP contribution in [0.3, 0.4) is 0 Å². The maximum atomic E-state index is 12.6. The highest BCUT2D eigenvalue weighted by Gasteiger charge is 2.26. The van der Waals surface area contributed by atoms with Crippen molar-refractivity contribution in [1.29, 1.82) is 0 Å². The molecule has 3 rings (SSSR count). The molecule has 2 atom stereocenters. The minimum atomic E-state index is -0.0879. The second-order valence-corrected chi connectivity index (χ2v) is 7.74. The molecule has 0 aliphatic carbocycles. The summed E-state index contributed by atoms with van der Waals surface area (Å²) in [7, 11) is 0. The first kappa shape index (κ1) is 18.1. The van der Waals surface area contributed by atoms with Gasteiger partial charge >= 0.3 is 0 Å². The van der Waals surface area contributed by atoms with E-state index in [2.05, 4.69) is 44.8 Å². The number of hydrogen-bond donors (Lipinski definition) is 1. The summed E-state index contributed by atoms with van der Waals surface area (Å²) in [6.45, 7) is 9.00. The molecule has 1 aromatic carbocycles. The van der Waals surface area contributed by atoms with Gasteiger partial charge in [0.15, 0.2) is 0 Å². The summed E-state index contributed by atoms with van der Waals surface area (Å²) in [4.78, 5) is 18.8. The average molecular weight is 358 g/mol. The molecule has 0 spiro atoms. The topological polar surface area (TPSA) is 35.6 Å². The summed E-state index contributed by atoms with van der Waals surface area (Å²) in [5, 5.41) is 5.28. The number of nitrogens with zero attached hydrogens (tertiary/aromatic N) is 2. The van der Waals surface area contributed by atoms with Crippen molar-refractivity contribution < 1.29 is 4.79 Å². The molecule has 0 bridgehead atoms. The van der Waals surface area contributed by atoms with E-state index in [9.17, 15) is 4.79 Å². The van der Waals surface area contributed by atoms with Crippen LogP contribution in [0, 0.1) is 0 Å². The maximum absolute atomic E-state index is 12.6. The smallest absolute Gasteiger partial charge is 0.237 e. The SMILES string of the molecule is C[C@@H](NC(=O)[C@H](C)N1CCN(Cc2cccs2)CC1)c1ccccc1. The number of hydrogen-bond acceptors (Lipinski definition) is 4. The quantitative estimate of drug-likeness (QED) is 0.863. The van der Waals surface area contributed by atoms with Gasteiger partial charge in [-0.25, -0.2) is 0 Å². The Bertz CT molecular complexity index is 651. The van der Waals surface area contributed by atoms with Crippen LogP contribution in [-0.4, -0.2) is 47.9 Å². The van der Waals surface area contributed by atoms with Gasteiger partial charge in [0.05, 0.1) is 12.1 Å². The lowest BCUT2D eigenvalue weighted by molar-refractivity contribution is -0.127. The van der Waals surface area contributed by atoms with Crippen molar-refractivity contribution in [2.45, 2.75) is 32.5 Å². The number of carbonyl (C=O) groups is 1. The molecule has 0 radical (unpaired) electrons. The lowest BCUT2D eigenvalue weighted by Gasteiger charge is -2.37. The standard InChI is InChI=1S/C20H27N3OS/c1-16(18-7-4-3-5-8-18)21-20(24)17(2)23-12-10-22(11-13-23)15-19-9-6-14-25-19/h3-9,14,16-17H,10-13,15H2,1-2H3,(H,21,24)/t16-,17+/m1/s1. The van der Waals surface area contributed by atoms with Crippen LogP contribution in [-0.2, 0) is 11.3 Å². The molecule has 25 heavy (non-hydrogen) atoms. The minimum absolute atomic E-state index is 0.0382. The van der Waals surface area contributed by atoms with E-state index in [1.807, 2.05) is 43.4 Å². The molecule has 0 unspecified atom stereocenters. The molecule has 1 aliphatic heterocycles. The van der Waals surface area contributed by atoms with E-state index in [4.69, 9.17) is 0 Å². The summed E-state index contributed by atoms with van der Waals surface area (Å²) in [5.41, 5.74) is 1.14. The molecule has 2 aromatic rings. The van der Waals surface area contributed by atoms with Gasteiger partial charge in [-0.1, -0.05) is 36.4 Å². The van der Waals surface area contributed by atoms with Gasteiger partial charge < -0.3 is 5.32 Å². The first-order valence-electron chi connectivity index (χ1n) is 8.97. The third-order valence-electron chi connectivity index (χ3n) is 4.95. The van der Waals surface area contributed by atoms with Crippen molar-refractivity contribution in [3.63, 3.8) is 0 Å². The number of carbonyl (C=O) groups excluding carboxylic acids is 1. The fraction of sp³-hybridized carbons (Fsp3) is 0.450. The molecule has 1 N–H and O–H groups in total. The van der Waals surface area contributed by atoms with Gasteiger partial charge in [0.25, 0.3) is 0 Å². The van der Waals surface area contributed by atoms with Gasteiger partial charge in [0.2, 0.25) is 5.91 Å². The highest BCUT2D eigenvalue weighted by atomic mass is 32.1. The fourth-order valence-corrected chi connectivity index (χ4v) is 4.00. The van der Waals surface area contributed by atoms with Crippen molar-refractivity contribution >= 4 is 17.2 Å². The van der Waals surface area contributed by atoms with Gasteiger partial charge in [-0.05, 0) is 30.9 Å². The molecule has 2 heterocycles. The molecule has 1 fully saturated rings. The van der Waals surface area contributed by atoms with Crippen LogP contribution < -0.4 is 5.32 Å². The zero-order valence-corrected chi connectivity index (χ0v) is 15.8. The molecular formula is C20H27N3OS. The molecular weight excluding hydrogens is 330 g/mol. The van der Waals surface area contributed by atoms with E-state index >= 15 is 0 Å². The Kier molecular flexibility index (Phi) is 6.24. The van der Waals surface area contributed by atoms with E-state index in [0.717, 1.165) is 38.3 Å². The van der Waals surface area contributed by atoms with Crippen LogP contribution in [0.5, 0.6) is 0 Å². The molecule has 4 nitrogen and oxygen atoms in total. The summed E-state index contributed by atoms with van der Waals surface area (Å²) >= 11 is 1.81. The predicted molar refractivity (Wildman–Crippen MR) is 104 cm³/mol. The summed E-state index contributed by atoms with van der Waals surface area (Å²) in [6, 6.07) is 14.4. The zero-order valence-electron chi connectivity index (χ0n) is 15.0. The lowest BCUT2D eigenvalue weighted by atomic mass is 10.1. The third kappa shape index (κ3) is 4.91. The number of amides is 1. The zero-order chi connectivity index (χ0) is 17.6. The van der Waals surface area contributed by atoms with E-state index in [1.54, 1.807) is 0 Å². The van der Waals surface area contributed by atoms with E-state index in [0.29, 0.717) is 0 Å². The van der Waals surface area contributed by atoms with Crippen molar-refractivity contribution in [2.75, 3.05) is 26.2 Å². The molecule has 1 amide bonds. The molecule has 1 aliphatic rings. The van der Waals surface area contributed by atoms with E-state index < -0.39 is 0 Å². The summed E-state index contributed by atoms with van der Waals surface area (Å²) in [6.07, 6.45) is 0. The van der Waals surface area contributed by atoms with Gasteiger partial charge in [-0.2, -0.15) is 0 Å². The van der Waals surface area contributed by atoms with Crippen molar-refractivity contribution in [3.05, 3.63) is 58.3 Å². The Morgan fingerprint density at radius 3 is 2.44 bits per heavy atom. The van der Waals surface area contributed by atoms with Crippen LogP contribution in [0.25, 0.3) is 0 Å². The summed E-state index contributed by atoms with van der Waals surface area (Å²) < 4.78 is 0. The molecule has 1 saturated heterocycles. The number of nitrogens with one attached hydrogen (secondary N) is 1. The van der Waals surface area contributed by atoms with Gasteiger partial charge in [0.1, 0.15) is 0 Å². The van der Waals surface area contributed by atoms with E-state index in [-0.39, 0.29) is 18.0 Å². The van der Waals surface area contributed by atoms with Crippen LogP contribution in [0.4, 0.5) is 0 Å². The van der Waals surface area contributed by atoms with Gasteiger partial charge in [-0.3, -0.25) is 14.6 Å². The van der Waals surface area contributed by atoms with E-state index in [1.165, 1.54) is 4.88 Å². The number of piperazine rings is 1. The fourth-order valence-electron chi connectivity index (χ4n) is 3.26. The Morgan fingerprint density at radius 2 is 1.80 bits per heavy atom. The first-order valence-corrected chi connectivity index (χ1v) is 9.85. The highest BCUT2D eigenvalue weighted by Crippen LogP contribution is 2.16. The van der Waals surface area contributed by atoms with Gasteiger partial charge in [0, 0.05) is 37.6 Å². The Labute approximate surface area is 154 Å².